The Morgan fingerprint density at radius 2 is 2.12 bits per heavy atom. The van der Waals surface area contributed by atoms with Gasteiger partial charge in [-0.05, 0) is 50.6 Å². The largest absolute Gasteiger partial charge is 0.344 e. The van der Waals surface area contributed by atoms with Gasteiger partial charge in [0.25, 0.3) is 5.91 Å². The second-order valence-electron chi connectivity index (χ2n) is 5.93. The maximum Gasteiger partial charge on any atom is 0.273 e. The quantitative estimate of drug-likeness (QED) is 0.870. The normalized spacial score (nSPS) is 16.8. The molecular weight excluding hydrogens is 349 g/mol. The third kappa shape index (κ3) is 3.88. The van der Waals surface area contributed by atoms with Crippen LogP contribution in [0.1, 0.15) is 47.9 Å². The van der Waals surface area contributed by atoms with E-state index in [1.54, 1.807) is 23.0 Å². The Balaban J connectivity index is 1.67. The van der Waals surface area contributed by atoms with E-state index in [9.17, 15) is 4.79 Å². The summed E-state index contributed by atoms with van der Waals surface area (Å²) in [7, 11) is 0. The zero-order valence-corrected chi connectivity index (χ0v) is 14.8. The molecule has 3 rings (SSSR count). The van der Waals surface area contributed by atoms with Crippen LogP contribution in [0, 0.1) is 0 Å². The molecule has 0 radical (unpaired) electrons. The van der Waals surface area contributed by atoms with Gasteiger partial charge >= 0.3 is 0 Å². The van der Waals surface area contributed by atoms with Crippen LogP contribution in [0.15, 0.2) is 24.4 Å². The number of aromatic nitrogens is 3. The van der Waals surface area contributed by atoms with Gasteiger partial charge in [0.2, 0.25) is 0 Å². The van der Waals surface area contributed by atoms with Crippen molar-refractivity contribution in [1.82, 2.24) is 25.6 Å². The van der Waals surface area contributed by atoms with Gasteiger partial charge in [-0.2, -0.15) is 0 Å². The average Bonchev–Trinajstić information content (AvgIpc) is 3.05. The van der Waals surface area contributed by atoms with Gasteiger partial charge in [0, 0.05) is 10.0 Å². The minimum absolute atomic E-state index is 0.258. The van der Waals surface area contributed by atoms with Crippen molar-refractivity contribution in [2.75, 3.05) is 13.1 Å². The van der Waals surface area contributed by atoms with Gasteiger partial charge in [-0.25, -0.2) is 4.68 Å². The first-order valence-electron chi connectivity index (χ1n) is 7.93. The third-order valence-electron chi connectivity index (χ3n) is 4.20. The van der Waals surface area contributed by atoms with Crippen molar-refractivity contribution >= 4 is 29.1 Å². The minimum Gasteiger partial charge on any atom is -0.344 e. The Morgan fingerprint density at radius 1 is 1.38 bits per heavy atom. The maximum absolute atomic E-state index is 12.4. The fraction of sp³-hybridized carbons (Fsp3) is 0.438. The van der Waals surface area contributed by atoms with Crippen molar-refractivity contribution < 1.29 is 4.79 Å². The maximum atomic E-state index is 12.4. The molecule has 1 aromatic heterocycles. The van der Waals surface area contributed by atoms with Crippen LogP contribution in [-0.4, -0.2) is 34.0 Å². The Hall–Kier alpha value is -1.63. The summed E-state index contributed by atoms with van der Waals surface area (Å²) >= 11 is 12.1. The van der Waals surface area contributed by atoms with E-state index >= 15 is 0 Å². The lowest BCUT2D eigenvalue weighted by Crippen LogP contribution is -2.29. The molecule has 8 heteroatoms. The fourth-order valence-corrected chi connectivity index (χ4v) is 3.40. The molecule has 0 spiro atoms. The first-order chi connectivity index (χ1) is 11.5. The summed E-state index contributed by atoms with van der Waals surface area (Å²) in [5.74, 6) is -0.270. The molecule has 6 nitrogen and oxygen atoms in total. The first-order valence-corrected chi connectivity index (χ1v) is 8.68. The molecule has 2 aromatic rings. The predicted molar refractivity (Wildman–Crippen MR) is 93.5 cm³/mol. The molecule has 24 heavy (non-hydrogen) atoms. The van der Waals surface area contributed by atoms with Gasteiger partial charge in [0.15, 0.2) is 5.69 Å². The molecule has 1 fully saturated rings. The molecular formula is C16H19Cl2N5O. The molecule has 2 N–H and O–H groups in total. The van der Waals surface area contributed by atoms with Crippen molar-refractivity contribution in [3.8, 4) is 0 Å². The van der Waals surface area contributed by atoms with Crippen LogP contribution >= 0.6 is 23.2 Å². The highest BCUT2D eigenvalue weighted by molar-refractivity contribution is 6.35. The second kappa shape index (κ2) is 7.51. The van der Waals surface area contributed by atoms with E-state index in [2.05, 4.69) is 20.9 Å². The van der Waals surface area contributed by atoms with E-state index in [0.717, 1.165) is 31.5 Å². The van der Waals surface area contributed by atoms with Crippen LogP contribution in [-0.2, 0) is 0 Å². The molecule has 1 amide bonds. The van der Waals surface area contributed by atoms with E-state index in [4.69, 9.17) is 23.2 Å². The molecule has 1 aromatic carbocycles. The molecule has 2 heterocycles. The predicted octanol–water partition coefficient (Wildman–Crippen LogP) is 3.00. The number of amides is 1. The van der Waals surface area contributed by atoms with Gasteiger partial charge in [0.1, 0.15) is 0 Å². The molecule has 0 bridgehead atoms. The van der Waals surface area contributed by atoms with E-state index in [0.29, 0.717) is 21.8 Å². The Kier molecular flexibility index (Phi) is 5.38. The number of carbonyl (C=O) groups is 1. The molecule has 128 valence electrons. The minimum atomic E-state index is -0.270. The number of carbonyl (C=O) groups excluding carboxylic acids is 1. The highest BCUT2D eigenvalue weighted by Crippen LogP contribution is 2.26. The summed E-state index contributed by atoms with van der Waals surface area (Å²) in [5, 5.41) is 15.4. The molecule has 1 unspecified atom stereocenters. The summed E-state index contributed by atoms with van der Waals surface area (Å²) in [6.07, 6.45) is 3.68. The number of benzene rings is 1. The van der Waals surface area contributed by atoms with Crippen LogP contribution in [0.4, 0.5) is 0 Å². The molecule has 0 saturated carbocycles. The van der Waals surface area contributed by atoms with Crippen LogP contribution in [0.25, 0.3) is 0 Å². The van der Waals surface area contributed by atoms with E-state index in [-0.39, 0.29) is 11.9 Å². The van der Waals surface area contributed by atoms with Gasteiger partial charge in [-0.3, -0.25) is 4.79 Å². The van der Waals surface area contributed by atoms with Gasteiger partial charge in [0.05, 0.1) is 18.3 Å². The van der Waals surface area contributed by atoms with Crippen molar-refractivity contribution in [3.63, 3.8) is 0 Å². The van der Waals surface area contributed by atoms with E-state index in [1.165, 1.54) is 0 Å². The molecule has 1 atom stereocenters. The number of hydrogen-bond acceptors (Lipinski definition) is 4. The summed E-state index contributed by atoms with van der Waals surface area (Å²) in [6, 6.07) is 5.25. The zero-order valence-electron chi connectivity index (χ0n) is 13.3. The number of rotatable bonds is 4. The number of piperidine rings is 1. The third-order valence-corrected chi connectivity index (χ3v) is 4.76. The lowest BCUT2D eigenvalue weighted by atomic mass is 10.1. The Morgan fingerprint density at radius 3 is 2.83 bits per heavy atom. The number of nitrogens with zero attached hydrogens (tertiary/aromatic N) is 3. The fourth-order valence-electron chi connectivity index (χ4n) is 2.83. The van der Waals surface area contributed by atoms with Crippen molar-refractivity contribution in [3.05, 3.63) is 45.7 Å². The summed E-state index contributed by atoms with van der Waals surface area (Å²) in [4.78, 5) is 12.4. The first kappa shape index (κ1) is 17.2. The number of hydrogen-bond donors (Lipinski definition) is 2. The van der Waals surface area contributed by atoms with E-state index < -0.39 is 0 Å². The van der Waals surface area contributed by atoms with Gasteiger partial charge < -0.3 is 10.6 Å². The molecule has 1 aliphatic rings. The lowest BCUT2D eigenvalue weighted by molar-refractivity contribution is 0.0934. The standard InChI is InChI=1S/C16H19Cl2N5O/c1-10(13-3-2-11(17)8-14(13)18)20-16(24)15-9-23(22-21-15)12-4-6-19-7-5-12/h2-3,8-10,12,19H,4-7H2,1H3,(H,20,24). The summed E-state index contributed by atoms with van der Waals surface area (Å²) in [6.45, 7) is 3.78. The number of nitrogens with one attached hydrogen (secondary N) is 2. The second-order valence-corrected chi connectivity index (χ2v) is 6.77. The van der Waals surface area contributed by atoms with Crippen LogP contribution in [0.2, 0.25) is 10.0 Å². The smallest absolute Gasteiger partial charge is 0.273 e. The van der Waals surface area contributed by atoms with Crippen LogP contribution in [0.5, 0.6) is 0 Å². The van der Waals surface area contributed by atoms with Crippen LogP contribution < -0.4 is 10.6 Å². The Bertz CT molecular complexity index is 727. The van der Waals surface area contributed by atoms with Crippen LogP contribution in [0.3, 0.4) is 0 Å². The van der Waals surface area contributed by atoms with Gasteiger partial charge in [-0.1, -0.05) is 34.5 Å². The summed E-state index contributed by atoms with van der Waals surface area (Å²) in [5.41, 5.74) is 1.12. The number of halogens is 2. The zero-order chi connectivity index (χ0) is 17.1. The van der Waals surface area contributed by atoms with Gasteiger partial charge in [-0.15, -0.1) is 5.10 Å². The van der Waals surface area contributed by atoms with Crippen molar-refractivity contribution in [2.45, 2.75) is 31.8 Å². The highest BCUT2D eigenvalue weighted by atomic mass is 35.5. The van der Waals surface area contributed by atoms with Crippen molar-refractivity contribution in [2.24, 2.45) is 0 Å². The monoisotopic (exact) mass is 367 g/mol. The lowest BCUT2D eigenvalue weighted by Gasteiger charge is -2.22. The van der Waals surface area contributed by atoms with E-state index in [1.807, 2.05) is 13.0 Å². The highest BCUT2D eigenvalue weighted by Gasteiger charge is 2.20. The molecule has 1 saturated heterocycles. The molecule has 1 aliphatic heterocycles. The molecule has 0 aliphatic carbocycles. The average molecular weight is 368 g/mol. The SMILES string of the molecule is CC(NC(=O)c1cn(C2CCNCC2)nn1)c1ccc(Cl)cc1Cl. The topological polar surface area (TPSA) is 71.8 Å². The Labute approximate surface area is 150 Å². The summed E-state index contributed by atoms with van der Waals surface area (Å²) < 4.78 is 1.79. The van der Waals surface area contributed by atoms with Crippen molar-refractivity contribution in [1.29, 1.82) is 0 Å².